The summed E-state index contributed by atoms with van der Waals surface area (Å²) >= 11 is 2.69. The Bertz CT molecular complexity index is 665. The van der Waals surface area contributed by atoms with Crippen molar-refractivity contribution in [3.8, 4) is 10.7 Å². The average molecular weight is 340 g/mol. The summed E-state index contributed by atoms with van der Waals surface area (Å²) in [6.45, 7) is 5.92. The summed E-state index contributed by atoms with van der Waals surface area (Å²) in [7, 11) is 0. The van der Waals surface area contributed by atoms with Crippen LogP contribution in [0, 0.1) is 0 Å². The van der Waals surface area contributed by atoms with Crippen LogP contribution >= 0.6 is 22.7 Å². The first-order valence-electron chi connectivity index (χ1n) is 6.81. The van der Waals surface area contributed by atoms with Crippen LogP contribution < -0.4 is 0 Å². The summed E-state index contributed by atoms with van der Waals surface area (Å²) in [5.41, 5.74) is 0.923. The molecule has 2 aromatic heterocycles. The molecule has 0 aliphatic carbocycles. The molecule has 0 amide bonds. The molecule has 0 bridgehead atoms. The van der Waals surface area contributed by atoms with E-state index in [0.29, 0.717) is 28.9 Å². The van der Waals surface area contributed by atoms with Crippen molar-refractivity contribution < 1.29 is 19.1 Å². The number of hydrogen-bond acceptors (Lipinski definition) is 8. The Balaban J connectivity index is 2.14. The predicted molar refractivity (Wildman–Crippen MR) is 84.2 cm³/mol. The topological polar surface area (TPSA) is 78.4 Å². The summed E-state index contributed by atoms with van der Waals surface area (Å²) in [4.78, 5) is 32.0. The van der Waals surface area contributed by atoms with Crippen LogP contribution in [0.4, 0.5) is 0 Å². The zero-order chi connectivity index (χ0) is 16.1. The Kier molecular flexibility index (Phi) is 5.62. The number of thiazole rings is 2. The quantitative estimate of drug-likeness (QED) is 0.752. The summed E-state index contributed by atoms with van der Waals surface area (Å²) in [5.74, 6) is -1.15. The third-order valence-corrected chi connectivity index (χ3v) is 4.63. The van der Waals surface area contributed by atoms with Crippen molar-refractivity contribution in [3.63, 3.8) is 0 Å². The number of aromatic nitrogens is 2. The standard InChI is InChI=1S/C14H16N2O4S2/c1-4-19-13(17)8(3)11-15-9(6-21-11)12-16-10(7-22-12)14(18)20-5-2/h6-8H,4-5H2,1-3H3. The second-order valence-corrected chi connectivity index (χ2v) is 6.05. The van der Waals surface area contributed by atoms with Crippen molar-refractivity contribution in [1.29, 1.82) is 0 Å². The fourth-order valence-corrected chi connectivity index (χ4v) is 3.31. The van der Waals surface area contributed by atoms with E-state index >= 15 is 0 Å². The third kappa shape index (κ3) is 3.69. The Hall–Kier alpha value is -1.80. The summed E-state index contributed by atoms with van der Waals surface area (Å²) in [6, 6.07) is 0. The van der Waals surface area contributed by atoms with E-state index < -0.39 is 11.9 Å². The number of esters is 2. The number of ether oxygens (including phenoxy) is 2. The van der Waals surface area contributed by atoms with Gasteiger partial charge in [-0.25, -0.2) is 14.8 Å². The third-order valence-electron chi connectivity index (χ3n) is 2.74. The van der Waals surface area contributed by atoms with Crippen molar-refractivity contribution in [3.05, 3.63) is 21.5 Å². The maximum atomic E-state index is 11.7. The van der Waals surface area contributed by atoms with Gasteiger partial charge in [0.05, 0.1) is 13.2 Å². The fourth-order valence-electron chi connectivity index (χ4n) is 1.64. The molecule has 1 unspecified atom stereocenters. The molecular formula is C14H16N2O4S2. The molecule has 0 aromatic carbocycles. The van der Waals surface area contributed by atoms with Crippen LogP contribution in [-0.4, -0.2) is 35.1 Å². The Morgan fingerprint density at radius 1 is 1.14 bits per heavy atom. The van der Waals surface area contributed by atoms with Crippen molar-refractivity contribution >= 4 is 34.6 Å². The lowest BCUT2D eigenvalue weighted by atomic mass is 10.2. The fraction of sp³-hybridized carbons (Fsp3) is 0.429. The smallest absolute Gasteiger partial charge is 0.357 e. The molecule has 0 aliphatic rings. The van der Waals surface area contributed by atoms with Gasteiger partial charge in [0, 0.05) is 10.8 Å². The van der Waals surface area contributed by atoms with E-state index in [-0.39, 0.29) is 11.7 Å². The molecule has 0 fully saturated rings. The van der Waals surface area contributed by atoms with Gasteiger partial charge in [0.25, 0.3) is 0 Å². The van der Waals surface area contributed by atoms with Crippen molar-refractivity contribution in [2.45, 2.75) is 26.7 Å². The van der Waals surface area contributed by atoms with E-state index in [0.717, 1.165) is 0 Å². The Morgan fingerprint density at radius 2 is 1.86 bits per heavy atom. The highest BCUT2D eigenvalue weighted by Gasteiger charge is 2.21. The molecule has 118 valence electrons. The van der Waals surface area contributed by atoms with E-state index in [1.54, 1.807) is 26.2 Å². The molecule has 0 N–H and O–H groups in total. The van der Waals surface area contributed by atoms with Crippen LogP contribution in [0.25, 0.3) is 10.7 Å². The molecule has 0 radical (unpaired) electrons. The molecule has 22 heavy (non-hydrogen) atoms. The molecule has 0 spiro atoms. The van der Waals surface area contributed by atoms with E-state index in [1.165, 1.54) is 22.7 Å². The van der Waals surface area contributed by atoms with Crippen LogP contribution in [0.1, 0.15) is 42.2 Å². The molecule has 2 heterocycles. The summed E-state index contributed by atoms with van der Waals surface area (Å²) in [5, 5.41) is 4.75. The van der Waals surface area contributed by atoms with E-state index in [4.69, 9.17) is 9.47 Å². The second-order valence-electron chi connectivity index (χ2n) is 4.30. The van der Waals surface area contributed by atoms with Crippen LogP contribution in [0.3, 0.4) is 0 Å². The lowest BCUT2D eigenvalue weighted by molar-refractivity contribution is -0.144. The van der Waals surface area contributed by atoms with Gasteiger partial charge in [0.15, 0.2) is 5.69 Å². The first-order chi connectivity index (χ1) is 10.6. The lowest BCUT2D eigenvalue weighted by Gasteiger charge is -2.06. The van der Waals surface area contributed by atoms with Gasteiger partial charge in [-0.1, -0.05) is 0 Å². The van der Waals surface area contributed by atoms with Crippen LogP contribution in [0.2, 0.25) is 0 Å². The molecular weight excluding hydrogens is 324 g/mol. The minimum absolute atomic E-state index is 0.273. The van der Waals surface area contributed by atoms with Crippen LogP contribution in [0.15, 0.2) is 10.8 Å². The minimum atomic E-state index is -0.444. The maximum Gasteiger partial charge on any atom is 0.357 e. The number of nitrogens with zero attached hydrogens (tertiary/aromatic N) is 2. The van der Waals surface area contributed by atoms with E-state index in [9.17, 15) is 9.59 Å². The second kappa shape index (κ2) is 7.46. The number of carbonyl (C=O) groups excluding carboxylic acids is 2. The number of hydrogen-bond donors (Lipinski definition) is 0. The molecule has 0 saturated heterocycles. The van der Waals surface area contributed by atoms with Crippen LogP contribution in [-0.2, 0) is 14.3 Å². The zero-order valence-electron chi connectivity index (χ0n) is 12.5. The molecule has 2 rings (SSSR count). The zero-order valence-corrected chi connectivity index (χ0v) is 14.1. The first kappa shape index (κ1) is 16.6. The van der Waals surface area contributed by atoms with Gasteiger partial charge >= 0.3 is 11.9 Å². The normalized spacial score (nSPS) is 12.0. The Morgan fingerprint density at radius 3 is 2.55 bits per heavy atom. The van der Waals surface area contributed by atoms with Crippen molar-refractivity contribution in [1.82, 2.24) is 9.97 Å². The highest BCUT2D eigenvalue weighted by Crippen LogP contribution is 2.29. The molecule has 0 aliphatic heterocycles. The SMILES string of the molecule is CCOC(=O)c1csc(-c2csc(C(C)C(=O)OCC)n2)n1. The van der Waals surface area contributed by atoms with Crippen molar-refractivity contribution in [2.24, 2.45) is 0 Å². The van der Waals surface area contributed by atoms with Gasteiger partial charge in [-0.3, -0.25) is 4.79 Å². The van der Waals surface area contributed by atoms with Gasteiger partial charge < -0.3 is 9.47 Å². The van der Waals surface area contributed by atoms with Gasteiger partial charge in [-0.05, 0) is 20.8 Å². The number of carbonyl (C=O) groups is 2. The van der Waals surface area contributed by atoms with Gasteiger partial charge in [0.1, 0.15) is 21.6 Å². The molecule has 1 atom stereocenters. The lowest BCUT2D eigenvalue weighted by Crippen LogP contribution is -2.12. The molecule has 2 aromatic rings. The largest absolute Gasteiger partial charge is 0.465 e. The van der Waals surface area contributed by atoms with Gasteiger partial charge in [-0.15, -0.1) is 22.7 Å². The van der Waals surface area contributed by atoms with Crippen LogP contribution in [0.5, 0.6) is 0 Å². The van der Waals surface area contributed by atoms with Gasteiger partial charge in [-0.2, -0.15) is 0 Å². The predicted octanol–water partition coefficient (Wildman–Crippen LogP) is 3.11. The highest BCUT2D eigenvalue weighted by atomic mass is 32.1. The minimum Gasteiger partial charge on any atom is -0.465 e. The maximum absolute atomic E-state index is 11.7. The van der Waals surface area contributed by atoms with E-state index in [1.807, 2.05) is 5.38 Å². The monoisotopic (exact) mass is 340 g/mol. The average Bonchev–Trinajstić information content (AvgIpc) is 3.16. The molecule has 6 nitrogen and oxygen atoms in total. The molecule has 0 saturated carbocycles. The van der Waals surface area contributed by atoms with Crippen molar-refractivity contribution in [2.75, 3.05) is 13.2 Å². The Labute approximate surface area is 136 Å². The highest BCUT2D eigenvalue weighted by molar-refractivity contribution is 7.14. The first-order valence-corrected chi connectivity index (χ1v) is 8.57. The van der Waals surface area contributed by atoms with Gasteiger partial charge in [0.2, 0.25) is 0 Å². The summed E-state index contributed by atoms with van der Waals surface area (Å²) < 4.78 is 9.89. The molecule has 8 heteroatoms. The van der Waals surface area contributed by atoms with E-state index in [2.05, 4.69) is 9.97 Å². The number of rotatable bonds is 6. The summed E-state index contributed by atoms with van der Waals surface area (Å²) in [6.07, 6.45) is 0.